The molecule has 0 fully saturated rings. The van der Waals surface area contributed by atoms with E-state index in [1.54, 1.807) is 31.2 Å². The lowest BCUT2D eigenvalue weighted by Gasteiger charge is -2.13. The van der Waals surface area contributed by atoms with Crippen LogP contribution in [0, 0.1) is 0 Å². The third-order valence-corrected chi connectivity index (χ3v) is 1.92. The molecule has 1 amide bonds. The highest BCUT2D eigenvalue weighted by Crippen LogP contribution is 2.01. The average Bonchev–Trinajstić information content (AvgIpc) is 2.60. The summed E-state index contributed by atoms with van der Waals surface area (Å²) in [5.74, 6) is -1.49. The van der Waals surface area contributed by atoms with Gasteiger partial charge in [0, 0.05) is 44.6 Å². The van der Waals surface area contributed by atoms with Gasteiger partial charge in [-0.1, -0.05) is 0 Å². The SMILES string of the molecule is CN(Cc1cnn(C)c1)C(=O)/C=C\C(=O)O. The zero-order valence-electron chi connectivity index (χ0n) is 9.12. The van der Waals surface area contributed by atoms with E-state index in [2.05, 4.69) is 5.10 Å². The number of likely N-dealkylation sites (N-methyl/N-ethyl adjacent to an activating group) is 1. The van der Waals surface area contributed by atoms with E-state index in [0.717, 1.165) is 17.7 Å². The van der Waals surface area contributed by atoms with Gasteiger partial charge in [-0.05, 0) is 0 Å². The third-order valence-electron chi connectivity index (χ3n) is 1.92. The van der Waals surface area contributed by atoms with Crippen LogP contribution in [0.15, 0.2) is 24.5 Å². The van der Waals surface area contributed by atoms with Gasteiger partial charge in [-0.15, -0.1) is 0 Å². The van der Waals surface area contributed by atoms with E-state index in [0.29, 0.717) is 6.54 Å². The van der Waals surface area contributed by atoms with E-state index < -0.39 is 5.97 Å². The number of aromatic nitrogens is 2. The van der Waals surface area contributed by atoms with E-state index in [1.807, 2.05) is 0 Å². The predicted octanol–water partition coefficient (Wildman–Crippen LogP) is 0.0193. The summed E-state index contributed by atoms with van der Waals surface area (Å²) in [6.07, 6.45) is 5.30. The molecule has 0 aliphatic heterocycles. The van der Waals surface area contributed by atoms with Crippen LogP contribution in [0.3, 0.4) is 0 Å². The minimum Gasteiger partial charge on any atom is -0.478 e. The number of carboxylic acids is 1. The highest BCUT2D eigenvalue weighted by molar-refractivity contribution is 5.93. The molecule has 0 atom stereocenters. The van der Waals surface area contributed by atoms with Crippen molar-refractivity contribution in [2.24, 2.45) is 7.05 Å². The van der Waals surface area contributed by atoms with Crippen LogP contribution in [0.25, 0.3) is 0 Å². The normalized spacial score (nSPS) is 10.6. The molecule has 86 valence electrons. The molecule has 0 bridgehead atoms. The van der Waals surface area contributed by atoms with Crippen molar-refractivity contribution >= 4 is 11.9 Å². The van der Waals surface area contributed by atoms with Crippen LogP contribution in [0.1, 0.15) is 5.56 Å². The maximum absolute atomic E-state index is 11.4. The van der Waals surface area contributed by atoms with Crippen LogP contribution in [0.2, 0.25) is 0 Å². The van der Waals surface area contributed by atoms with Gasteiger partial charge in [0.1, 0.15) is 0 Å². The van der Waals surface area contributed by atoms with Crippen LogP contribution >= 0.6 is 0 Å². The number of carbonyl (C=O) groups is 2. The first kappa shape index (κ1) is 12.0. The monoisotopic (exact) mass is 223 g/mol. The summed E-state index contributed by atoms with van der Waals surface area (Å²) in [5.41, 5.74) is 0.891. The summed E-state index contributed by atoms with van der Waals surface area (Å²) in [7, 11) is 3.39. The Hall–Kier alpha value is -2.11. The molecule has 16 heavy (non-hydrogen) atoms. The fourth-order valence-corrected chi connectivity index (χ4v) is 1.18. The van der Waals surface area contributed by atoms with Gasteiger partial charge in [0.25, 0.3) is 0 Å². The average molecular weight is 223 g/mol. The minimum absolute atomic E-state index is 0.355. The van der Waals surface area contributed by atoms with Gasteiger partial charge < -0.3 is 10.0 Å². The number of hydrogen-bond donors (Lipinski definition) is 1. The first-order valence-corrected chi connectivity index (χ1v) is 4.62. The highest BCUT2D eigenvalue weighted by Gasteiger charge is 2.07. The second kappa shape index (κ2) is 5.11. The molecule has 0 spiro atoms. The molecular formula is C10H13N3O3. The molecule has 1 rings (SSSR count). The van der Waals surface area contributed by atoms with Crippen molar-refractivity contribution in [3.8, 4) is 0 Å². The molecule has 1 aromatic rings. The van der Waals surface area contributed by atoms with E-state index in [4.69, 9.17) is 5.11 Å². The summed E-state index contributed by atoms with van der Waals surface area (Å²) in [4.78, 5) is 23.0. The molecule has 6 heteroatoms. The molecule has 0 aromatic carbocycles. The van der Waals surface area contributed by atoms with Gasteiger partial charge in [-0.3, -0.25) is 9.48 Å². The number of aliphatic carboxylic acids is 1. The standard InChI is InChI=1S/C10H13N3O3/c1-12(9(14)3-4-10(15)16)6-8-5-11-13(2)7-8/h3-5,7H,6H2,1-2H3,(H,15,16)/b4-3-. The quantitative estimate of drug-likeness (QED) is 0.730. The number of aryl methyl sites for hydroxylation is 1. The van der Waals surface area contributed by atoms with E-state index in [-0.39, 0.29) is 5.91 Å². The number of amides is 1. The zero-order valence-corrected chi connectivity index (χ0v) is 9.12. The van der Waals surface area contributed by atoms with E-state index in [1.165, 1.54) is 4.90 Å². The summed E-state index contributed by atoms with van der Waals surface area (Å²) in [5, 5.41) is 12.3. The smallest absolute Gasteiger partial charge is 0.328 e. The van der Waals surface area contributed by atoms with Crippen LogP contribution in [0.5, 0.6) is 0 Å². The molecule has 6 nitrogen and oxygen atoms in total. The number of nitrogens with zero attached hydrogens (tertiary/aromatic N) is 3. The maximum Gasteiger partial charge on any atom is 0.328 e. The summed E-state index contributed by atoms with van der Waals surface area (Å²) in [6.45, 7) is 0.399. The lowest BCUT2D eigenvalue weighted by molar-refractivity contribution is -0.132. The Balaban J connectivity index is 2.55. The Bertz CT molecular complexity index is 423. The molecule has 1 heterocycles. The Morgan fingerprint density at radius 3 is 2.75 bits per heavy atom. The van der Waals surface area contributed by atoms with Crippen LogP contribution < -0.4 is 0 Å². The van der Waals surface area contributed by atoms with Crippen molar-refractivity contribution in [1.82, 2.24) is 14.7 Å². The molecule has 0 radical (unpaired) electrons. The van der Waals surface area contributed by atoms with Gasteiger partial charge in [0.2, 0.25) is 5.91 Å². The lowest BCUT2D eigenvalue weighted by Crippen LogP contribution is -2.24. The Morgan fingerprint density at radius 2 is 2.25 bits per heavy atom. The number of carbonyl (C=O) groups excluding carboxylic acids is 1. The summed E-state index contributed by atoms with van der Waals surface area (Å²) in [6, 6.07) is 0. The fraction of sp³-hybridized carbons (Fsp3) is 0.300. The van der Waals surface area contributed by atoms with Gasteiger partial charge in [0.15, 0.2) is 0 Å². The van der Waals surface area contributed by atoms with Crippen molar-refractivity contribution in [2.75, 3.05) is 7.05 Å². The van der Waals surface area contributed by atoms with Gasteiger partial charge in [0.05, 0.1) is 6.20 Å². The van der Waals surface area contributed by atoms with E-state index in [9.17, 15) is 9.59 Å². The first-order valence-electron chi connectivity index (χ1n) is 4.62. The van der Waals surface area contributed by atoms with Gasteiger partial charge >= 0.3 is 5.97 Å². The Labute approximate surface area is 92.8 Å². The summed E-state index contributed by atoms with van der Waals surface area (Å²) >= 11 is 0. The van der Waals surface area contributed by atoms with Crippen molar-refractivity contribution in [3.63, 3.8) is 0 Å². The maximum atomic E-state index is 11.4. The molecule has 0 aliphatic carbocycles. The highest BCUT2D eigenvalue weighted by atomic mass is 16.4. The van der Waals surface area contributed by atoms with Crippen molar-refractivity contribution in [3.05, 3.63) is 30.1 Å². The van der Waals surface area contributed by atoms with Crippen LogP contribution in [-0.2, 0) is 23.2 Å². The van der Waals surface area contributed by atoms with Crippen LogP contribution in [-0.4, -0.2) is 38.7 Å². The molecule has 1 N–H and O–H groups in total. The molecule has 0 saturated heterocycles. The third kappa shape index (κ3) is 3.56. The summed E-state index contributed by atoms with van der Waals surface area (Å²) < 4.78 is 1.64. The van der Waals surface area contributed by atoms with Gasteiger partial charge in [-0.2, -0.15) is 5.10 Å². The van der Waals surface area contributed by atoms with Crippen LogP contribution in [0.4, 0.5) is 0 Å². The molecule has 1 aromatic heterocycles. The first-order chi connectivity index (χ1) is 7.49. The largest absolute Gasteiger partial charge is 0.478 e. The Kier molecular flexibility index (Phi) is 3.82. The molecule has 0 saturated carbocycles. The Morgan fingerprint density at radius 1 is 1.56 bits per heavy atom. The van der Waals surface area contributed by atoms with Crippen molar-refractivity contribution in [2.45, 2.75) is 6.54 Å². The second-order valence-corrected chi connectivity index (χ2v) is 3.39. The number of carboxylic acid groups (broad SMARTS) is 1. The predicted molar refractivity (Wildman–Crippen MR) is 56.5 cm³/mol. The van der Waals surface area contributed by atoms with Gasteiger partial charge in [-0.25, -0.2) is 4.79 Å². The molecule has 0 aliphatic rings. The van der Waals surface area contributed by atoms with Crippen molar-refractivity contribution in [1.29, 1.82) is 0 Å². The van der Waals surface area contributed by atoms with E-state index >= 15 is 0 Å². The molecular weight excluding hydrogens is 210 g/mol. The topological polar surface area (TPSA) is 75.4 Å². The number of rotatable bonds is 4. The minimum atomic E-state index is -1.14. The fourth-order valence-electron chi connectivity index (χ4n) is 1.18. The van der Waals surface area contributed by atoms with Crippen molar-refractivity contribution < 1.29 is 14.7 Å². The number of hydrogen-bond acceptors (Lipinski definition) is 3. The lowest BCUT2D eigenvalue weighted by atomic mass is 10.3. The zero-order chi connectivity index (χ0) is 12.1. The second-order valence-electron chi connectivity index (χ2n) is 3.39. The molecule has 0 unspecified atom stereocenters.